The Bertz CT molecular complexity index is 574. The van der Waals surface area contributed by atoms with Crippen LogP contribution in [0.5, 0.6) is 0 Å². The maximum atomic E-state index is 12.9. The number of thiophene rings is 1. The van der Waals surface area contributed by atoms with E-state index in [9.17, 15) is 9.59 Å². The van der Waals surface area contributed by atoms with Gasteiger partial charge in [-0.3, -0.25) is 14.5 Å². The summed E-state index contributed by atoms with van der Waals surface area (Å²) in [6.07, 6.45) is 0. The van der Waals surface area contributed by atoms with Gasteiger partial charge in [-0.2, -0.15) is 0 Å². The molecule has 6 nitrogen and oxygen atoms in total. The Labute approximate surface area is 133 Å². The second-order valence-electron chi connectivity index (χ2n) is 6.04. The minimum Gasteiger partial charge on any atom is -0.480 e. The average molecular weight is 324 g/mol. The highest BCUT2D eigenvalue weighted by molar-refractivity contribution is 7.12. The number of carbonyl (C=O) groups is 2. The molecule has 2 fully saturated rings. The second kappa shape index (κ2) is 6.36. The molecule has 0 saturated carbocycles. The smallest absolute Gasteiger partial charge is 0.317 e. The van der Waals surface area contributed by atoms with E-state index in [-0.39, 0.29) is 24.4 Å². The summed E-state index contributed by atoms with van der Waals surface area (Å²) in [4.78, 5) is 28.4. The molecule has 22 heavy (non-hydrogen) atoms. The monoisotopic (exact) mass is 324 g/mol. The lowest BCUT2D eigenvalue weighted by molar-refractivity contribution is -0.138. The number of rotatable bonds is 3. The molecule has 3 heterocycles. The maximum absolute atomic E-state index is 12.9. The van der Waals surface area contributed by atoms with Crippen LogP contribution < -0.4 is 0 Å². The summed E-state index contributed by atoms with van der Waals surface area (Å²) in [5.41, 5.74) is 0.997. The molecule has 2 aliphatic rings. The Balaban J connectivity index is 1.82. The fourth-order valence-corrected chi connectivity index (χ4v) is 4.11. The van der Waals surface area contributed by atoms with Gasteiger partial charge < -0.3 is 14.7 Å². The van der Waals surface area contributed by atoms with Gasteiger partial charge in [0.2, 0.25) is 0 Å². The van der Waals surface area contributed by atoms with E-state index < -0.39 is 5.97 Å². The normalized spacial score (nSPS) is 25.8. The van der Waals surface area contributed by atoms with E-state index in [0.717, 1.165) is 10.4 Å². The number of hydrogen-bond donors (Lipinski definition) is 1. The molecule has 1 N–H and O–H groups in total. The number of carboxylic acid groups (broad SMARTS) is 1. The standard InChI is InChI=1S/C15H20N2O4S/c1-10-2-3-22-14(10)15(20)17-5-11-4-16(7-13(18)19)6-12(17)9-21-8-11/h2-3,11-12H,4-9H2,1H3,(H,18,19)/t11-,12-/m0/s1. The quantitative estimate of drug-likeness (QED) is 0.895. The van der Waals surface area contributed by atoms with Gasteiger partial charge >= 0.3 is 5.97 Å². The van der Waals surface area contributed by atoms with Crippen LogP contribution in [0.4, 0.5) is 0 Å². The molecule has 0 radical (unpaired) electrons. The van der Waals surface area contributed by atoms with Gasteiger partial charge in [0.15, 0.2) is 0 Å². The van der Waals surface area contributed by atoms with Crippen LogP contribution in [0.3, 0.4) is 0 Å². The van der Waals surface area contributed by atoms with Crippen LogP contribution in [0, 0.1) is 12.8 Å². The number of fused-ring (bicyclic) bond motifs is 3. The largest absolute Gasteiger partial charge is 0.480 e. The van der Waals surface area contributed by atoms with Gasteiger partial charge in [-0.05, 0) is 23.9 Å². The third-order valence-electron chi connectivity index (χ3n) is 4.22. The third-order valence-corrected chi connectivity index (χ3v) is 5.23. The van der Waals surface area contributed by atoms with Crippen LogP contribution in [0.15, 0.2) is 11.4 Å². The number of carbonyl (C=O) groups excluding carboxylic acids is 1. The summed E-state index contributed by atoms with van der Waals surface area (Å²) in [7, 11) is 0. The van der Waals surface area contributed by atoms with Crippen molar-refractivity contribution in [2.45, 2.75) is 13.0 Å². The zero-order chi connectivity index (χ0) is 15.7. The van der Waals surface area contributed by atoms with Crippen LogP contribution in [-0.4, -0.2) is 72.2 Å². The first kappa shape index (κ1) is 15.5. The molecular weight excluding hydrogens is 304 g/mol. The van der Waals surface area contributed by atoms with Crippen molar-refractivity contribution < 1.29 is 19.4 Å². The Kier molecular flexibility index (Phi) is 4.46. The Morgan fingerprint density at radius 3 is 2.86 bits per heavy atom. The van der Waals surface area contributed by atoms with E-state index in [1.54, 1.807) is 0 Å². The lowest BCUT2D eigenvalue weighted by atomic mass is 10.1. The van der Waals surface area contributed by atoms with Crippen LogP contribution in [0.2, 0.25) is 0 Å². The van der Waals surface area contributed by atoms with Crippen molar-refractivity contribution in [2.24, 2.45) is 5.92 Å². The molecule has 3 rings (SSSR count). The predicted molar refractivity (Wildman–Crippen MR) is 82.3 cm³/mol. The first-order chi connectivity index (χ1) is 10.5. The summed E-state index contributed by atoms with van der Waals surface area (Å²) < 4.78 is 5.68. The zero-order valence-electron chi connectivity index (χ0n) is 12.5. The van der Waals surface area contributed by atoms with Gasteiger partial charge in [-0.15, -0.1) is 11.3 Å². The molecule has 2 atom stereocenters. The number of hydrogen-bond acceptors (Lipinski definition) is 5. The third kappa shape index (κ3) is 3.16. The highest BCUT2D eigenvalue weighted by Crippen LogP contribution is 2.25. The minimum absolute atomic E-state index is 0.0209. The van der Waals surface area contributed by atoms with Crippen LogP contribution in [0.25, 0.3) is 0 Å². The summed E-state index contributed by atoms with van der Waals surface area (Å²) in [5.74, 6) is -0.617. The van der Waals surface area contributed by atoms with Crippen molar-refractivity contribution in [2.75, 3.05) is 39.4 Å². The number of amides is 1. The van der Waals surface area contributed by atoms with Gasteiger partial charge in [0.05, 0.1) is 30.7 Å². The fourth-order valence-electron chi connectivity index (χ4n) is 3.23. The lowest BCUT2D eigenvalue weighted by Crippen LogP contribution is -2.47. The van der Waals surface area contributed by atoms with Crippen molar-refractivity contribution in [3.05, 3.63) is 21.9 Å². The summed E-state index contributed by atoms with van der Waals surface area (Å²) in [5, 5.41) is 11.0. The summed E-state index contributed by atoms with van der Waals surface area (Å²) >= 11 is 1.46. The molecule has 7 heteroatoms. The average Bonchev–Trinajstić information content (AvgIpc) is 2.66. The van der Waals surface area contributed by atoms with E-state index >= 15 is 0 Å². The van der Waals surface area contributed by atoms with Crippen molar-refractivity contribution in [1.82, 2.24) is 9.80 Å². The van der Waals surface area contributed by atoms with Gasteiger partial charge in [-0.1, -0.05) is 0 Å². The zero-order valence-corrected chi connectivity index (χ0v) is 13.3. The van der Waals surface area contributed by atoms with Crippen LogP contribution in [-0.2, 0) is 9.53 Å². The molecule has 1 amide bonds. The van der Waals surface area contributed by atoms with E-state index in [4.69, 9.17) is 9.84 Å². The van der Waals surface area contributed by atoms with E-state index in [0.29, 0.717) is 32.8 Å². The molecule has 1 aromatic rings. The van der Waals surface area contributed by atoms with E-state index in [1.807, 2.05) is 28.2 Å². The fraction of sp³-hybridized carbons (Fsp3) is 0.600. The van der Waals surface area contributed by atoms with Crippen molar-refractivity contribution >= 4 is 23.2 Å². The first-order valence-corrected chi connectivity index (χ1v) is 8.29. The molecule has 2 bridgehead atoms. The molecule has 0 spiro atoms. The Morgan fingerprint density at radius 2 is 2.18 bits per heavy atom. The Hall–Kier alpha value is -1.44. The molecule has 0 unspecified atom stereocenters. The van der Waals surface area contributed by atoms with Gasteiger partial charge in [0.1, 0.15) is 0 Å². The summed E-state index contributed by atoms with van der Waals surface area (Å²) in [6.45, 7) is 4.88. The SMILES string of the molecule is Cc1ccsc1C(=O)N1C[C@H]2COC[C@@H]1CN(CC(=O)O)C2. The van der Waals surface area contributed by atoms with Gasteiger partial charge in [-0.25, -0.2) is 0 Å². The highest BCUT2D eigenvalue weighted by atomic mass is 32.1. The van der Waals surface area contributed by atoms with Crippen molar-refractivity contribution in [3.8, 4) is 0 Å². The van der Waals surface area contributed by atoms with E-state index in [2.05, 4.69) is 0 Å². The lowest BCUT2D eigenvalue weighted by Gasteiger charge is -2.30. The molecule has 2 aliphatic heterocycles. The number of aryl methyl sites for hydroxylation is 1. The number of ether oxygens (including phenoxy) is 1. The summed E-state index contributed by atoms with van der Waals surface area (Å²) in [6, 6.07) is 1.87. The molecular formula is C15H20N2O4S. The van der Waals surface area contributed by atoms with Crippen LogP contribution >= 0.6 is 11.3 Å². The molecule has 1 aromatic heterocycles. The molecule has 120 valence electrons. The number of nitrogens with zero attached hydrogens (tertiary/aromatic N) is 2. The highest BCUT2D eigenvalue weighted by Gasteiger charge is 2.37. The molecule has 2 saturated heterocycles. The van der Waals surface area contributed by atoms with Crippen molar-refractivity contribution in [1.29, 1.82) is 0 Å². The van der Waals surface area contributed by atoms with E-state index in [1.165, 1.54) is 11.3 Å². The molecule has 0 aromatic carbocycles. The second-order valence-corrected chi connectivity index (χ2v) is 6.95. The molecule has 0 aliphatic carbocycles. The first-order valence-electron chi connectivity index (χ1n) is 7.41. The Morgan fingerprint density at radius 1 is 1.36 bits per heavy atom. The predicted octanol–water partition coefficient (Wildman–Crippen LogP) is 0.914. The topological polar surface area (TPSA) is 70.1 Å². The maximum Gasteiger partial charge on any atom is 0.317 e. The van der Waals surface area contributed by atoms with Gasteiger partial charge in [0.25, 0.3) is 5.91 Å². The minimum atomic E-state index is -0.826. The number of carboxylic acids is 1. The number of aliphatic carboxylic acids is 1. The van der Waals surface area contributed by atoms with Crippen LogP contribution in [0.1, 0.15) is 15.2 Å². The van der Waals surface area contributed by atoms with Crippen molar-refractivity contribution in [3.63, 3.8) is 0 Å². The van der Waals surface area contributed by atoms with Gasteiger partial charge in [0, 0.05) is 25.6 Å².